The average Bonchev–Trinajstić information content (AvgIpc) is 2.41. The third-order valence-electron chi connectivity index (χ3n) is 5.23. The summed E-state index contributed by atoms with van der Waals surface area (Å²) in [5.41, 5.74) is 0.511. The van der Waals surface area contributed by atoms with Gasteiger partial charge in [-0.3, -0.25) is 4.90 Å². The molecule has 19 heavy (non-hydrogen) atoms. The highest BCUT2D eigenvalue weighted by atomic mass is 15.3. The largest absolute Gasteiger partial charge is 0.311 e. The van der Waals surface area contributed by atoms with Crippen LogP contribution in [0.15, 0.2) is 0 Å². The van der Waals surface area contributed by atoms with Crippen LogP contribution < -0.4 is 5.32 Å². The van der Waals surface area contributed by atoms with E-state index in [1.807, 2.05) is 0 Å². The van der Waals surface area contributed by atoms with Gasteiger partial charge >= 0.3 is 0 Å². The van der Waals surface area contributed by atoms with Crippen molar-refractivity contribution in [2.75, 3.05) is 19.6 Å². The van der Waals surface area contributed by atoms with Crippen LogP contribution in [0.3, 0.4) is 0 Å². The fraction of sp³-hybridized carbons (Fsp3) is 1.00. The van der Waals surface area contributed by atoms with E-state index in [0.717, 1.165) is 12.0 Å². The van der Waals surface area contributed by atoms with Crippen LogP contribution in [-0.2, 0) is 0 Å². The first-order valence-electron chi connectivity index (χ1n) is 8.65. The third kappa shape index (κ3) is 3.95. The van der Waals surface area contributed by atoms with Gasteiger partial charge in [-0.25, -0.2) is 0 Å². The van der Waals surface area contributed by atoms with Gasteiger partial charge in [0.15, 0.2) is 0 Å². The molecule has 1 spiro atoms. The van der Waals surface area contributed by atoms with Crippen LogP contribution in [0.1, 0.15) is 72.1 Å². The molecule has 0 radical (unpaired) electrons. The minimum absolute atomic E-state index is 0.511. The average molecular weight is 266 g/mol. The summed E-state index contributed by atoms with van der Waals surface area (Å²) >= 11 is 0. The summed E-state index contributed by atoms with van der Waals surface area (Å²) in [5.74, 6) is 0.833. The van der Waals surface area contributed by atoms with Crippen LogP contribution in [0.2, 0.25) is 0 Å². The SMILES string of the molecule is CCCC1CN(CCC(C)C)C2(CCCCC2)CN1. The predicted octanol–water partition coefficient (Wildman–Crippen LogP) is 3.81. The molecule has 0 aromatic heterocycles. The molecular formula is C17H34N2. The van der Waals surface area contributed by atoms with Gasteiger partial charge in [-0.15, -0.1) is 0 Å². The summed E-state index contributed by atoms with van der Waals surface area (Å²) < 4.78 is 0. The van der Waals surface area contributed by atoms with Crippen molar-refractivity contribution in [2.45, 2.75) is 83.7 Å². The Balaban J connectivity index is 1.99. The second-order valence-electron chi connectivity index (χ2n) is 7.28. The molecule has 0 aromatic rings. The number of hydrogen-bond donors (Lipinski definition) is 1. The normalized spacial score (nSPS) is 28.1. The number of piperazine rings is 1. The van der Waals surface area contributed by atoms with E-state index in [0.29, 0.717) is 5.54 Å². The van der Waals surface area contributed by atoms with Crippen molar-refractivity contribution in [3.8, 4) is 0 Å². The van der Waals surface area contributed by atoms with E-state index in [2.05, 4.69) is 31.0 Å². The lowest BCUT2D eigenvalue weighted by atomic mass is 9.78. The molecule has 1 heterocycles. The first-order valence-corrected chi connectivity index (χ1v) is 8.65. The molecule has 1 aliphatic heterocycles. The molecule has 2 aliphatic rings. The van der Waals surface area contributed by atoms with Crippen molar-refractivity contribution in [1.82, 2.24) is 10.2 Å². The maximum atomic E-state index is 3.86. The fourth-order valence-electron chi connectivity index (χ4n) is 3.96. The smallest absolute Gasteiger partial charge is 0.0334 e. The van der Waals surface area contributed by atoms with Crippen LogP contribution in [0.25, 0.3) is 0 Å². The Hall–Kier alpha value is -0.0800. The lowest BCUT2D eigenvalue weighted by Gasteiger charge is -2.52. The Morgan fingerprint density at radius 2 is 1.95 bits per heavy atom. The van der Waals surface area contributed by atoms with Crippen molar-refractivity contribution < 1.29 is 0 Å². The van der Waals surface area contributed by atoms with Crippen LogP contribution >= 0.6 is 0 Å². The zero-order chi connectivity index (χ0) is 13.7. The van der Waals surface area contributed by atoms with Gasteiger partial charge < -0.3 is 5.32 Å². The molecule has 1 unspecified atom stereocenters. The lowest BCUT2D eigenvalue weighted by Crippen LogP contribution is -2.65. The van der Waals surface area contributed by atoms with E-state index in [4.69, 9.17) is 0 Å². The topological polar surface area (TPSA) is 15.3 Å². The molecule has 1 atom stereocenters. The van der Waals surface area contributed by atoms with Gasteiger partial charge in [-0.1, -0.05) is 46.5 Å². The summed E-state index contributed by atoms with van der Waals surface area (Å²) in [4.78, 5) is 2.88. The van der Waals surface area contributed by atoms with E-state index in [9.17, 15) is 0 Å². The maximum Gasteiger partial charge on any atom is 0.0334 e. The fourth-order valence-corrected chi connectivity index (χ4v) is 3.96. The lowest BCUT2D eigenvalue weighted by molar-refractivity contribution is 0.00550. The van der Waals surface area contributed by atoms with E-state index in [1.165, 1.54) is 71.0 Å². The standard InChI is InChI=1S/C17H34N2/c1-4-8-16-13-19(12-9-15(2)3)17(14-18-16)10-6-5-7-11-17/h15-16,18H,4-14H2,1-3H3. The van der Waals surface area contributed by atoms with Gasteiger partial charge in [0.2, 0.25) is 0 Å². The van der Waals surface area contributed by atoms with Crippen LogP contribution in [0, 0.1) is 5.92 Å². The van der Waals surface area contributed by atoms with Crippen molar-refractivity contribution in [3.05, 3.63) is 0 Å². The van der Waals surface area contributed by atoms with E-state index in [1.54, 1.807) is 0 Å². The zero-order valence-corrected chi connectivity index (χ0v) is 13.4. The van der Waals surface area contributed by atoms with Crippen molar-refractivity contribution >= 4 is 0 Å². The number of rotatable bonds is 5. The van der Waals surface area contributed by atoms with Gasteiger partial charge in [-0.2, -0.15) is 0 Å². The number of nitrogens with one attached hydrogen (secondary N) is 1. The molecule has 1 saturated heterocycles. The molecule has 2 heteroatoms. The zero-order valence-electron chi connectivity index (χ0n) is 13.4. The molecule has 1 N–H and O–H groups in total. The van der Waals surface area contributed by atoms with E-state index >= 15 is 0 Å². The van der Waals surface area contributed by atoms with E-state index < -0.39 is 0 Å². The maximum absolute atomic E-state index is 3.86. The van der Waals surface area contributed by atoms with Gasteiger partial charge in [0.1, 0.15) is 0 Å². The summed E-state index contributed by atoms with van der Waals surface area (Å²) in [6.45, 7) is 10.9. The van der Waals surface area contributed by atoms with Crippen LogP contribution in [0.4, 0.5) is 0 Å². The molecule has 2 nitrogen and oxygen atoms in total. The summed E-state index contributed by atoms with van der Waals surface area (Å²) in [6.07, 6.45) is 11.2. The quantitative estimate of drug-likeness (QED) is 0.814. The first-order chi connectivity index (χ1) is 9.16. The van der Waals surface area contributed by atoms with Crippen LogP contribution in [-0.4, -0.2) is 36.1 Å². The molecule has 112 valence electrons. The van der Waals surface area contributed by atoms with Gasteiger partial charge in [0.05, 0.1) is 0 Å². The Kier molecular flexibility index (Phi) is 5.70. The highest BCUT2D eigenvalue weighted by Gasteiger charge is 2.41. The highest BCUT2D eigenvalue weighted by molar-refractivity contribution is 5.00. The van der Waals surface area contributed by atoms with Crippen molar-refractivity contribution in [2.24, 2.45) is 5.92 Å². The summed E-state index contributed by atoms with van der Waals surface area (Å²) in [5, 5.41) is 3.86. The minimum atomic E-state index is 0.511. The number of hydrogen-bond acceptors (Lipinski definition) is 2. The Labute approximate surface area is 120 Å². The van der Waals surface area contributed by atoms with Crippen molar-refractivity contribution in [1.29, 1.82) is 0 Å². The molecule has 0 amide bonds. The second kappa shape index (κ2) is 7.08. The molecule has 1 saturated carbocycles. The van der Waals surface area contributed by atoms with Gasteiger partial charge in [0.25, 0.3) is 0 Å². The Morgan fingerprint density at radius 3 is 2.58 bits per heavy atom. The van der Waals surface area contributed by atoms with Crippen LogP contribution in [0.5, 0.6) is 0 Å². The minimum Gasteiger partial charge on any atom is -0.311 e. The molecular weight excluding hydrogens is 232 g/mol. The van der Waals surface area contributed by atoms with E-state index in [-0.39, 0.29) is 0 Å². The van der Waals surface area contributed by atoms with Gasteiger partial charge in [-0.05, 0) is 38.1 Å². The monoisotopic (exact) mass is 266 g/mol. The first kappa shape index (κ1) is 15.3. The summed E-state index contributed by atoms with van der Waals surface area (Å²) in [6, 6.07) is 0.740. The summed E-state index contributed by atoms with van der Waals surface area (Å²) in [7, 11) is 0. The van der Waals surface area contributed by atoms with Crippen molar-refractivity contribution in [3.63, 3.8) is 0 Å². The third-order valence-corrected chi connectivity index (χ3v) is 5.23. The number of nitrogens with zero attached hydrogens (tertiary/aromatic N) is 1. The Bertz CT molecular complexity index is 256. The molecule has 0 aromatic carbocycles. The van der Waals surface area contributed by atoms with Gasteiger partial charge in [0, 0.05) is 24.7 Å². The molecule has 1 aliphatic carbocycles. The second-order valence-corrected chi connectivity index (χ2v) is 7.28. The molecule has 0 bridgehead atoms. The molecule has 2 rings (SSSR count). The predicted molar refractivity (Wildman–Crippen MR) is 83.5 cm³/mol. The Morgan fingerprint density at radius 1 is 1.21 bits per heavy atom. The highest BCUT2D eigenvalue weighted by Crippen LogP contribution is 2.36. The molecule has 2 fully saturated rings.